The summed E-state index contributed by atoms with van der Waals surface area (Å²) in [7, 11) is 1.51. The number of hydrogen-bond donors (Lipinski definition) is 2. The maximum absolute atomic E-state index is 12.8. The Morgan fingerprint density at radius 1 is 1.42 bits per heavy atom. The number of nitrogens with zero attached hydrogens (tertiary/aromatic N) is 4. The van der Waals surface area contributed by atoms with Gasteiger partial charge in [0.2, 0.25) is 0 Å². The maximum Gasteiger partial charge on any atom is 0.387 e. The lowest BCUT2D eigenvalue weighted by Crippen LogP contribution is -2.17. The molecule has 1 aromatic carbocycles. The first-order valence-electron chi connectivity index (χ1n) is 9.03. The van der Waals surface area contributed by atoms with Gasteiger partial charge in [0, 0.05) is 25.0 Å². The van der Waals surface area contributed by atoms with Gasteiger partial charge in [0.25, 0.3) is 5.91 Å². The molecule has 0 aliphatic rings. The summed E-state index contributed by atoms with van der Waals surface area (Å²) < 4.78 is 30.2. The van der Waals surface area contributed by atoms with Crippen LogP contribution in [0.25, 0.3) is 11.3 Å². The molecule has 31 heavy (non-hydrogen) atoms. The number of aromatic amines is 1. The minimum Gasteiger partial charge on any atom is -0.434 e. The zero-order valence-corrected chi connectivity index (χ0v) is 17.1. The smallest absolute Gasteiger partial charge is 0.387 e. The Morgan fingerprint density at radius 2 is 2.19 bits per heavy atom. The van der Waals surface area contributed by atoms with Crippen LogP contribution in [0.5, 0.6) is 5.75 Å². The number of nitriles is 1. The molecule has 1 aromatic heterocycles. The first-order valence-corrected chi connectivity index (χ1v) is 9.03. The van der Waals surface area contributed by atoms with Crippen molar-refractivity contribution in [2.24, 2.45) is 9.98 Å². The standard InChI is InChI=1S/C21H20F2N6O2/c1-4-5-8-26-13(2)16(11-25-3)20(30)28-17-12-27-29-19(17)15-9-14(10-24)6-7-18(15)31-21(22)23/h4-9,11-12,21H,1-3H3,(H,27,29)(H,28,30)/b5-4-,16-13-,25-11?,26-8-. The lowest BCUT2D eigenvalue weighted by Gasteiger charge is -2.12. The zero-order chi connectivity index (χ0) is 22.8. The molecule has 10 heteroatoms. The van der Waals surface area contributed by atoms with Gasteiger partial charge in [0.1, 0.15) is 5.75 Å². The molecule has 2 aromatic rings. The number of nitrogens with one attached hydrogen (secondary N) is 2. The van der Waals surface area contributed by atoms with E-state index in [1.165, 1.54) is 43.9 Å². The first-order chi connectivity index (χ1) is 14.9. The molecule has 0 saturated heterocycles. The molecule has 0 unspecified atom stereocenters. The molecule has 8 nitrogen and oxygen atoms in total. The summed E-state index contributed by atoms with van der Waals surface area (Å²) in [5.74, 6) is -0.706. The van der Waals surface area contributed by atoms with Gasteiger partial charge in [-0.15, -0.1) is 0 Å². The number of benzene rings is 1. The molecule has 0 bridgehead atoms. The van der Waals surface area contributed by atoms with Gasteiger partial charge in [0.05, 0.1) is 40.5 Å². The fourth-order valence-electron chi connectivity index (χ4n) is 2.53. The fraction of sp³-hybridized carbons (Fsp3) is 0.190. The number of aliphatic imine (C=N–C) groups is 2. The Hall–Kier alpha value is -4.13. The number of ether oxygens (including phenoxy) is 1. The van der Waals surface area contributed by atoms with E-state index < -0.39 is 12.5 Å². The SMILES string of the molecule is C\C=C/C=N\C(C)=C(\C=NC)C(=O)Nc1cn[nH]c1-c1cc(C#N)ccc1OC(F)F. The van der Waals surface area contributed by atoms with Crippen LogP contribution in [0.2, 0.25) is 0 Å². The number of rotatable bonds is 8. The quantitative estimate of drug-likeness (QED) is 0.488. The molecule has 160 valence electrons. The summed E-state index contributed by atoms with van der Waals surface area (Å²) in [6.07, 6.45) is 7.72. The van der Waals surface area contributed by atoms with E-state index in [4.69, 9.17) is 5.26 Å². The molecule has 2 rings (SSSR count). The number of allylic oxidation sites excluding steroid dienone is 3. The Kier molecular flexibility index (Phi) is 8.33. The number of anilines is 1. The monoisotopic (exact) mass is 426 g/mol. The van der Waals surface area contributed by atoms with Crippen LogP contribution in [0.15, 0.2) is 57.8 Å². The van der Waals surface area contributed by atoms with Crippen LogP contribution in [0.1, 0.15) is 19.4 Å². The number of amides is 1. The van der Waals surface area contributed by atoms with E-state index in [1.807, 2.05) is 13.0 Å². The highest BCUT2D eigenvalue weighted by atomic mass is 19.3. The lowest BCUT2D eigenvalue weighted by molar-refractivity contribution is -0.112. The molecule has 1 heterocycles. The third-order valence-electron chi connectivity index (χ3n) is 3.92. The highest BCUT2D eigenvalue weighted by Gasteiger charge is 2.19. The number of carbonyl (C=O) groups is 1. The topological polar surface area (TPSA) is 116 Å². The lowest BCUT2D eigenvalue weighted by atomic mass is 10.1. The van der Waals surface area contributed by atoms with Gasteiger partial charge in [-0.1, -0.05) is 6.08 Å². The summed E-state index contributed by atoms with van der Waals surface area (Å²) in [5, 5.41) is 18.3. The zero-order valence-electron chi connectivity index (χ0n) is 17.1. The molecule has 0 aliphatic heterocycles. The Balaban J connectivity index is 2.45. The molecule has 0 radical (unpaired) electrons. The van der Waals surface area contributed by atoms with Gasteiger partial charge < -0.3 is 10.1 Å². The molecular weight excluding hydrogens is 406 g/mol. The first kappa shape index (κ1) is 23.2. The normalized spacial score (nSPS) is 12.5. The fourth-order valence-corrected chi connectivity index (χ4v) is 2.53. The summed E-state index contributed by atoms with van der Waals surface area (Å²) in [6.45, 7) is 0.415. The predicted molar refractivity (Wildman–Crippen MR) is 114 cm³/mol. The predicted octanol–water partition coefficient (Wildman–Crippen LogP) is 4.11. The van der Waals surface area contributed by atoms with Crippen molar-refractivity contribution in [2.75, 3.05) is 12.4 Å². The van der Waals surface area contributed by atoms with Gasteiger partial charge >= 0.3 is 6.61 Å². The Bertz CT molecular complexity index is 1090. The van der Waals surface area contributed by atoms with Gasteiger partial charge in [-0.2, -0.15) is 19.1 Å². The van der Waals surface area contributed by atoms with E-state index in [0.29, 0.717) is 5.70 Å². The van der Waals surface area contributed by atoms with Crippen molar-refractivity contribution in [3.8, 4) is 23.1 Å². The van der Waals surface area contributed by atoms with E-state index in [0.717, 1.165) is 0 Å². The molecule has 0 fully saturated rings. The Labute approximate surface area is 177 Å². The number of carbonyl (C=O) groups excluding carboxylic acids is 1. The van der Waals surface area contributed by atoms with Gasteiger partial charge in [-0.05, 0) is 38.1 Å². The second-order valence-electron chi connectivity index (χ2n) is 6.00. The minimum atomic E-state index is -3.07. The number of halogens is 2. The van der Waals surface area contributed by atoms with E-state index in [-0.39, 0.29) is 33.8 Å². The summed E-state index contributed by atoms with van der Waals surface area (Å²) in [6, 6.07) is 5.89. The van der Waals surface area contributed by atoms with Gasteiger partial charge in [-0.25, -0.2) is 0 Å². The summed E-state index contributed by atoms with van der Waals surface area (Å²) in [5.41, 5.74) is 1.38. The third kappa shape index (κ3) is 6.17. The molecule has 0 atom stereocenters. The van der Waals surface area contributed by atoms with E-state index in [1.54, 1.807) is 19.1 Å². The van der Waals surface area contributed by atoms with Crippen molar-refractivity contribution in [2.45, 2.75) is 20.5 Å². The molecule has 2 N–H and O–H groups in total. The summed E-state index contributed by atoms with van der Waals surface area (Å²) in [4.78, 5) is 20.9. The van der Waals surface area contributed by atoms with Crippen molar-refractivity contribution in [1.29, 1.82) is 5.26 Å². The van der Waals surface area contributed by atoms with Crippen LogP contribution >= 0.6 is 0 Å². The molecule has 1 amide bonds. The van der Waals surface area contributed by atoms with Gasteiger partial charge in [0.15, 0.2) is 0 Å². The average Bonchev–Trinajstić information content (AvgIpc) is 3.19. The molecule has 0 aliphatic carbocycles. The number of alkyl halides is 2. The maximum atomic E-state index is 12.8. The highest BCUT2D eigenvalue weighted by molar-refractivity contribution is 6.19. The highest BCUT2D eigenvalue weighted by Crippen LogP contribution is 2.35. The molecule has 0 saturated carbocycles. The van der Waals surface area contributed by atoms with Crippen LogP contribution < -0.4 is 10.1 Å². The second-order valence-corrected chi connectivity index (χ2v) is 6.00. The van der Waals surface area contributed by atoms with Crippen molar-refractivity contribution >= 4 is 24.0 Å². The molecular formula is C21H20F2N6O2. The average molecular weight is 426 g/mol. The van der Waals surface area contributed by atoms with Crippen molar-refractivity contribution in [3.63, 3.8) is 0 Å². The minimum absolute atomic E-state index is 0.143. The van der Waals surface area contributed by atoms with E-state index in [9.17, 15) is 13.6 Å². The van der Waals surface area contributed by atoms with E-state index in [2.05, 4.69) is 30.2 Å². The van der Waals surface area contributed by atoms with Crippen LogP contribution in [-0.4, -0.2) is 42.2 Å². The molecule has 0 spiro atoms. The van der Waals surface area contributed by atoms with Crippen molar-refractivity contribution < 1.29 is 18.3 Å². The number of aromatic nitrogens is 2. The van der Waals surface area contributed by atoms with Crippen LogP contribution in [0.4, 0.5) is 14.5 Å². The van der Waals surface area contributed by atoms with Crippen molar-refractivity contribution in [3.05, 3.63) is 53.4 Å². The van der Waals surface area contributed by atoms with Gasteiger partial charge in [-0.3, -0.25) is 19.9 Å². The largest absolute Gasteiger partial charge is 0.434 e. The van der Waals surface area contributed by atoms with Crippen LogP contribution in [0, 0.1) is 11.3 Å². The number of hydrogen-bond acceptors (Lipinski definition) is 6. The van der Waals surface area contributed by atoms with Crippen LogP contribution in [-0.2, 0) is 4.79 Å². The number of H-pyrrole nitrogens is 1. The van der Waals surface area contributed by atoms with E-state index >= 15 is 0 Å². The second kappa shape index (κ2) is 11.2. The van der Waals surface area contributed by atoms with Crippen LogP contribution in [0.3, 0.4) is 0 Å². The Morgan fingerprint density at radius 3 is 2.84 bits per heavy atom. The third-order valence-corrected chi connectivity index (χ3v) is 3.92. The van der Waals surface area contributed by atoms with Crippen molar-refractivity contribution in [1.82, 2.24) is 10.2 Å². The summed E-state index contributed by atoms with van der Waals surface area (Å²) >= 11 is 0.